The lowest BCUT2D eigenvalue weighted by Crippen LogP contribution is -2.27. The number of rotatable bonds is 7. The van der Waals surface area contributed by atoms with E-state index in [1.165, 1.54) is 18.2 Å². The molecule has 1 amide bonds. The number of alkyl carbamates (subject to hydrolysis) is 1. The van der Waals surface area contributed by atoms with Crippen LogP contribution >= 0.6 is 0 Å². The van der Waals surface area contributed by atoms with Crippen LogP contribution in [0, 0.1) is 0 Å². The first-order valence-corrected chi connectivity index (χ1v) is 10.5. The zero-order valence-electron chi connectivity index (χ0n) is 18.0. The van der Waals surface area contributed by atoms with Crippen LogP contribution in [-0.2, 0) is 16.1 Å². The highest BCUT2D eigenvalue weighted by Gasteiger charge is 2.15. The van der Waals surface area contributed by atoms with Crippen LogP contribution in [0.15, 0.2) is 88.1 Å². The van der Waals surface area contributed by atoms with E-state index >= 15 is 0 Å². The Hall–Kier alpha value is -4.59. The van der Waals surface area contributed by atoms with E-state index in [1.807, 2.05) is 36.4 Å². The molecule has 0 saturated heterocycles. The summed E-state index contributed by atoms with van der Waals surface area (Å²) in [6, 6.07) is 22.0. The molecule has 8 heteroatoms. The molecule has 0 radical (unpaired) electrons. The number of esters is 1. The quantitative estimate of drug-likeness (QED) is 0.311. The molecule has 0 atom stereocenters. The molecule has 8 nitrogen and oxygen atoms in total. The number of ether oxygens (including phenoxy) is 2. The number of hydrogen-bond acceptors (Lipinski definition) is 7. The molecular weight excluding hydrogens is 438 g/mol. The number of carbonyl (C=O) groups excluding carboxylic acids is 2. The second-order valence-corrected chi connectivity index (χ2v) is 7.37. The summed E-state index contributed by atoms with van der Waals surface area (Å²) >= 11 is 0. The van der Waals surface area contributed by atoms with Crippen molar-refractivity contribution in [3.05, 3.63) is 94.6 Å². The number of fused-ring (bicyclic) bond motifs is 1. The maximum atomic E-state index is 12.5. The molecular formula is C26H21NO7. The summed E-state index contributed by atoms with van der Waals surface area (Å²) in [6.45, 7) is 0.114. The predicted molar refractivity (Wildman–Crippen MR) is 124 cm³/mol. The third kappa shape index (κ3) is 5.60. The Morgan fingerprint density at radius 3 is 2.38 bits per heavy atom. The number of phenols is 1. The van der Waals surface area contributed by atoms with Gasteiger partial charge in [-0.05, 0) is 5.56 Å². The summed E-state index contributed by atoms with van der Waals surface area (Å²) in [5.74, 6) is -0.686. The van der Waals surface area contributed by atoms with Crippen molar-refractivity contribution in [2.75, 3.05) is 6.54 Å². The molecule has 1 aromatic heterocycles. The zero-order valence-corrected chi connectivity index (χ0v) is 18.0. The summed E-state index contributed by atoms with van der Waals surface area (Å²) < 4.78 is 16.1. The van der Waals surface area contributed by atoms with Gasteiger partial charge in [-0.15, -0.1) is 0 Å². The standard InChI is InChI=1S/C26H21NO7/c28-20-13-19(14-23-25(20)21(29)15-22(34-23)18-9-5-2-6-10-18)33-24(30)11-12-27-26(31)32-16-17-7-3-1-4-8-17/h1-10,13-15,28H,11-12,16H2,(H,27,31). The second-order valence-electron chi connectivity index (χ2n) is 7.37. The Morgan fingerprint density at radius 1 is 0.941 bits per heavy atom. The Morgan fingerprint density at radius 2 is 1.65 bits per heavy atom. The van der Waals surface area contributed by atoms with Crippen molar-refractivity contribution < 1.29 is 28.6 Å². The Labute approximate surface area is 194 Å². The van der Waals surface area contributed by atoms with Gasteiger partial charge in [-0.25, -0.2) is 4.79 Å². The van der Waals surface area contributed by atoms with Crippen LogP contribution in [0.5, 0.6) is 11.5 Å². The van der Waals surface area contributed by atoms with Crippen molar-refractivity contribution in [2.24, 2.45) is 0 Å². The van der Waals surface area contributed by atoms with E-state index in [1.54, 1.807) is 24.3 Å². The molecule has 4 rings (SSSR count). The van der Waals surface area contributed by atoms with Gasteiger partial charge < -0.3 is 24.3 Å². The minimum absolute atomic E-state index is 0.000736. The lowest BCUT2D eigenvalue weighted by atomic mass is 10.1. The molecule has 0 fully saturated rings. The lowest BCUT2D eigenvalue weighted by Gasteiger charge is -2.09. The van der Waals surface area contributed by atoms with Gasteiger partial charge in [0.2, 0.25) is 0 Å². The molecule has 3 aromatic carbocycles. The Kier molecular flexibility index (Phi) is 6.88. The third-order valence-corrected chi connectivity index (χ3v) is 4.88. The minimum Gasteiger partial charge on any atom is -0.507 e. The van der Waals surface area contributed by atoms with E-state index < -0.39 is 17.5 Å². The highest BCUT2D eigenvalue weighted by atomic mass is 16.5. The normalized spacial score (nSPS) is 10.6. The monoisotopic (exact) mass is 459 g/mol. The summed E-state index contributed by atoms with van der Waals surface area (Å²) in [6.07, 6.45) is -0.789. The number of nitrogens with one attached hydrogen (secondary N) is 1. The highest BCUT2D eigenvalue weighted by molar-refractivity contribution is 5.87. The fraction of sp³-hybridized carbons (Fsp3) is 0.115. The molecule has 0 bridgehead atoms. The van der Waals surface area contributed by atoms with Gasteiger partial charge in [-0.2, -0.15) is 0 Å². The first kappa shape index (κ1) is 22.6. The van der Waals surface area contributed by atoms with Gasteiger partial charge in [0.15, 0.2) is 5.43 Å². The van der Waals surface area contributed by atoms with Gasteiger partial charge in [0.1, 0.15) is 34.8 Å². The molecule has 0 aliphatic carbocycles. The van der Waals surface area contributed by atoms with Crippen LogP contribution in [0.4, 0.5) is 4.79 Å². The van der Waals surface area contributed by atoms with Crippen LogP contribution < -0.4 is 15.5 Å². The van der Waals surface area contributed by atoms with Crippen molar-refractivity contribution in [1.82, 2.24) is 5.32 Å². The average Bonchev–Trinajstić information content (AvgIpc) is 2.83. The lowest BCUT2D eigenvalue weighted by molar-refractivity contribution is -0.134. The molecule has 172 valence electrons. The van der Waals surface area contributed by atoms with Gasteiger partial charge >= 0.3 is 12.1 Å². The van der Waals surface area contributed by atoms with Crippen LogP contribution in [0.1, 0.15) is 12.0 Å². The molecule has 0 aliphatic rings. The summed E-state index contributed by atoms with van der Waals surface area (Å²) in [7, 11) is 0. The van der Waals surface area contributed by atoms with E-state index in [9.17, 15) is 19.5 Å². The van der Waals surface area contributed by atoms with E-state index in [4.69, 9.17) is 13.9 Å². The third-order valence-electron chi connectivity index (χ3n) is 4.88. The average molecular weight is 459 g/mol. The number of amides is 1. The van der Waals surface area contributed by atoms with Crippen molar-refractivity contribution in [3.63, 3.8) is 0 Å². The van der Waals surface area contributed by atoms with Gasteiger partial charge in [-0.3, -0.25) is 9.59 Å². The fourth-order valence-electron chi connectivity index (χ4n) is 3.27. The largest absolute Gasteiger partial charge is 0.507 e. The number of aromatic hydroxyl groups is 1. The second kappa shape index (κ2) is 10.4. The first-order chi connectivity index (χ1) is 16.5. The predicted octanol–water partition coefficient (Wildman–Crippen LogP) is 4.39. The maximum absolute atomic E-state index is 12.5. The van der Waals surface area contributed by atoms with Crippen LogP contribution in [-0.4, -0.2) is 23.7 Å². The van der Waals surface area contributed by atoms with Crippen molar-refractivity contribution in [2.45, 2.75) is 13.0 Å². The first-order valence-electron chi connectivity index (χ1n) is 10.5. The van der Waals surface area contributed by atoms with E-state index in [0.29, 0.717) is 11.3 Å². The fourth-order valence-corrected chi connectivity index (χ4v) is 3.27. The Balaban J connectivity index is 1.37. The van der Waals surface area contributed by atoms with Crippen molar-refractivity contribution >= 4 is 23.0 Å². The molecule has 34 heavy (non-hydrogen) atoms. The van der Waals surface area contributed by atoms with Crippen LogP contribution in [0.3, 0.4) is 0 Å². The topological polar surface area (TPSA) is 115 Å². The molecule has 0 unspecified atom stereocenters. The molecule has 1 heterocycles. The summed E-state index contributed by atoms with van der Waals surface area (Å²) in [5.41, 5.74) is 1.19. The van der Waals surface area contributed by atoms with Gasteiger partial charge in [0.05, 0.1) is 6.42 Å². The zero-order chi connectivity index (χ0) is 23.9. The van der Waals surface area contributed by atoms with Crippen molar-refractivity contribution in [3.8, 4) is 22.8 Å². The van der Waals surface area contributed by atoms with Gasteiger partial charge in [0, 0.05) is 30.3 Å². The number of carbonyl (C=O) groups is 2. The van der Waals surface area contributed by atoms with Crippen LogP contribution in [0.2, 0.25) is 0 Å². The van der Waals surface area contributed by atoms with Gasteiger partial charge in [-0.1, -0.05) is 60.7 Å². The number of phenolic OH excluding ortho intramolecular Hbond substituents is 1. The van der Waals surface area contributed by atoms with E-state index in [0.717, 1.165) is 5.56 Å². The van der Waals surface area contributed by atoms with Crippen molar-refractivity contribution in [1.29, 1.82) is 0 Å². The Bertz CT molecular complexity index is 1360. The summed E-state index contributed by atoms with van der Waals surface area (Å²) in [5, 5.41) is 12.7. The van der Waals surface area contributed by atoms with Gasteiger partial charge in [0.25, 0.3) is 0 Å². The molecule has 0 saturated carbocycles. The van der Waals surface area contributed by atoms with E-state index in [2.05, 4.69) is 5.32 Å². The SMILES string of the molecule is O=C(CCNC(=O)OCc1ccccc1)Oc1cc(O)c2c(=O)cc(-c3ccccc3)oc2c1. The smallest absolute Gasteiger partial charge is 0.407 e. The summed E-state index contributed by atoms with van der Waals surface area (Å²) in [4.78, 5) is 36.5. The minimum atomic E-state index is -0.657. The molecule has 4 aromatic rings. The number of hydrogen-bond donors (Lipinski definition) is 2. The van der Waals surface area contributed by atoms with Crippen LogP contribution in [0.25, 0.3) is 22.3 Å². The molecule has 0 aliphatic heterocycles. The number of benzene rings is 3. The molecule has 0 spiro atoms. The highest BCUT2D eigenvalue weighted by Crippen LogP contribution is 2.31. The maximum Gasteiger partial charge on any atom is 0.407 e. The molecule has 2 N–H and O–H groups in total. The van der Waals surface area contributed by atoms with E-state index in [-0.39, 0.29) is 42.0 Å².